The lowest BCUT2D eigenvalue weighted by atomic mass is 10.1. The Morgan fingerprint density at radius 3 is 1.78 bits per heavy atom. The maximum atomic E-state index is 5.45. The monoisotopic (exact) mass is 668 g/mol. The average molecular weight is 669 g/mol. The average Bonchev–Trinajstić information content (AvgIpc) is 3.85. The van der Waals surface area contributed by atoms with E-state index in [9.17, 15) is 0 Å². The van der Waals surface area contributed by atoms with E-state index >= 15 is 0 Å². The van der Waals surface area contributed by atoms with E-state index in [1.54, 1.807) is 11.3 Å². The van der Waals surface area contributed by atoms with Gasteiger partial charge in [0.2, 0.25) is 0 Å². The van der Waals surface area contributed by atoms with Gasteiger partial charge in [-0.25, -0.2) is 9.97 Å². The number of rotatable bonds is 4. The Labute approximate surface area is 297 Å². The molecule has 4 aromatic heterocycles. The van der Waals surface area contributed by atoms with E-state index in [1.807, 2.05) is 0 Å². The molecule has 0 aliphatic heterocycles. The predicted octanol–water partition coefficient (Wildman–Crippen LogP) is 12.4. The molecule has 0 spiro atoms. The molecule has 0 bridgehead atoms. The van der Waals surface area contributed by atoms with Gasteiger partial charge in [-0.1, -0.05) is 115 Å². The van der Waals surface area contributed by atoms with Crippen molar-refractivity contribution in [2.75, 3.05) is 0 Å². The van der Waals surface area contributed by atoms with Gasteiger partial charge in [0.05, 0.1) is 27.8 Å². The minimum atomic E-state index is 0.717. The molecule has 4 nitrogen and oxygen atoms in total. The number of hydrogen-bond donors (Lipinski definition) is 0. The van der Waals surface area contributed by atoms with E-state index in [1.165, 1.54) is 47.2 Å². The van der Waals surface area contributed by atoms with E-state index in [-0.39, 0.29) is 0 Å². The van der Waals surface area contributed by atoms with Crippen molar-refractivity contribution >= 4 is 75.1 Å². The molecule has 0 atom stereocenters. The van der Waals surface area contributed by atoms with Crippen LogP contribution in [0.15, 0.2) is 170 Å². The van der Waals surface area contributed by atoms with Crippen LogP contribution in [0, 0.1) is 0 Å². The summed E-state index contributed by atoms with van der Waals surface area (Å²) in [6.07, 6.45) is 0. The molecule has 0 N–H and O–H groups in total. The summed E-state index contributed by atoms with van der Waals surface area (Å²) in [4.78, 5) is 10.7. The molecule has 0 saturated heterocycles. The number of benzene rings is 7. The third-order valence-corrected chi connectivity index (χ3v) is 11.4. The van der Waals surface area contributed by atoms with Crippen LogP contribution in [-0.2, 0) is 0 Å². The standard InChI is InChI=1S/C46H28N4S/c1-3-14-29(15-4-1)38-27-44(48-46(47-38)35-22-13-21-34-33-20-9-12-25-43(33)51-45(34)35)50-40-24-11-8-19-32(40)37-26-36-31-18-7-10-23-39(31)49(41(36)28-42(37)50)30-16-5-2-6-17-30/h1-28H. The number of aromatic nitrogens is 4. The van der Waals surface area contributed by atoms with E-state index in [4.69, 9.17) is 9.97 Å². The number of fused-ring (bicyclic) bond motifs is 9. The van der Waals surface area contributed by atoms with Crippen molar-refractivity contribution in [3.63, 3.8) is 0 Å². The normalized spacial score (nSPS) is 11.9. The smallest absolute Gasteiger partial charge is 0.163 e. The Balaban J connectivity index is 1.25. The Bertz CT molecular complexity index is 3130. The van der Waals surface area contributed by atoms with Gasteiger partial charge in [-0.15, -0.1) is 11.3 Å². The molecular weight excluding hydrogens is 641 g/mol. The maximum Gasteiger partial charge on any atom is 0.163 e. The van der Waals surface area contributed by atoms with Gasteiger partial charge in [0.15, 0.2) is 5.82 Å². The third kappa shape index (κ3) is 4.25. The van der Waals surface area contributed by atoms with E-state index < -0.39 is 0 Å². The van der Waals surface area contributed by atoms with E-state index in [2.05, 4.69) is 179 Å². The Kier molecular flexibility index (Phi) is 6.09. The van der Waals surface area contributed by atoms with Gasteiger partial charge in [-0.05, 0) is 48.5 Å². The van der Waals surface area contributed by atoms with E-state index in [0.717, 1.165) is 44.9 Å². The quantitative estimate of drug-likeness (QED) is 0.187. The van der Waals surface area contributed by atoms with Crippen molar-refractivity contribution < 1.29 is 0 Å². The molecule has 0 saturated carbocycles. The van der Waals surface area contributed by atoms with Gasteiger partial charge in [-0.3, -0.25) is 4.57 Å². The first-order valence-corrected chi connectivity index (χ1v) is 18.0. The summed E-state index contributed by atoms with van der Waals surface area (Å²) >= 11 is 1.81. The molecule has 11 aromatic rings. The molecule has 0 fully saturated rings. The third-order valence-electron chi connectivity index (χ3n) is 10.1. The largest absolute Gasteiger partial charge is 0.309 e. The summed E-state index contributed by atoms with van der Waals surface area (Å²) in [6, 6.07) is 60.5. The summed E-state index contributed by atoms with van der Waals surface area (Å²) in [5.74, 6) is 1.55. The molecule has 238 valence electrons. The van der Waals surface area contributed by atoms with Crippen molar-refractivity contribution in [1.82, 2.24) is 19.1 Å². The van der Waals surface area contributed by atoms with Gasteiger partial charge in [0.1, 0.15) is 5.82 Å². The highest BCUT2D eigenvalue weighted by molar-refractivity contribution is 7.26. The molecule has 11 rings (SSSR count). The zero-order valence-corrected chi connectivity index (χ0v) is 28.2. The molecule has 4 heterocycles. The van der Waals surface area contributed by atoms with Crippen molar-refractivity contribution in [1.29, 1.82) is 0 Å². The molecule has 0 radical (unpaired) electrons. The lowest BCUT2D eigenvalue weighted by Crippen LogP contribution is -2.02. The van der Waals surface area contributed by atoms with Gasteiger partial charge in [0.25, 0.3) is 0 Å². The molecule has 0 aliphatic rings. The van der Waals surface area contributed by atoms with Gasteiger partial charge < -0.3 is 4.57 Å². The number of nitrogens with zero attached hydrogens (tertiary/aromatic N) is 4. The summed E-state index contributed by atoms with van der Waals surface area (Å²) in [5.41, 5.74) is 8.68. The minimum Gasteiger partial charge on any atom is -0.309 e. The maximum absolute atomic E-state index is 5.45. The first-order valence-electron chi connectivity index (χ1n) is 17.2. The van der Waals surface area contributed by atoms with Crippen molar-refractivity contribution in [2.24, 2.45) is 0 Å². The summed E-state index contributed by atoms with van der Waals surface area (Å²) in [6.45, 7) is 0. The molecule has 0 unspecified atom stereocenters. The molecule has 7 aromatic carbocycles. The first-order chi connectivity index (χ1) is 25.3. The van der Waals surface area contributed by atoms with Gasteiger partial charge in [-0.2, -0.15) is 0 Å². The highest BCUT2D eigenvalue weighted by Crippen LogP contribution is 2.42. The molecule has 0 amide bonds. The fourth-order valence-corrected chi connectivity index (χ4v) is 9.09. The van der Waals surface area contributed by atoms with Crippen LogP contribution in [0.2, 0.25) is 0 Å². The summed E-state index contributed by atoms with van der Waals surface area (Å²) < 4.78 is 7.18. The molecule has 51 heavy (non-hydrogen) atoms. The topological polar surface area (TPSA) is 35.6 Å². The van der Waals surface area contributed by atoms with Crippen molar-refractivity contribution in [3.8, 4) is 34.2 Å². The predicted molar refractivity (Wildman–Crippen MR) is 214 cm³/mol. The number of hydrogen-bond acceptors (Lipinski definition) is 3. The highest BCUT2D eigenvalue weighted by atomic mass is 32.1. The Hall–Kier alpha value is -6.56. The SMILES string of the molecule is c1ccc(-c2cc(-n3c4ccccc4c4cc5c6ccccc6n(-c6ccccc6)c5cc43)nc(-c3cccc4c3sc3ccccc34)n2)cc1. The number of thiophene rings is 1. The first kappa shape index (κ1) is 28.3. The van der Waals surface area contributed by atoms with Crippen LogP contribution < -0.4 is 0 Å². The number of para-hydroxylation sites is 3. The Morgan fingerprint density at radius 2 is 1.02 bits per heavy atom. The Morgan fingerprint density at radius 1 is 0.412 bits per heavy atom. The van der Waals surface area contributed by atoms with Crippen LogP contribution in [0.25, 0.3) is 97.9 Å². The van der Waals surface area contributed by atoms with Gasteiger partial charge in [0, 0.05) is 64.6 Å². The molecular formula is C46H28N4S. The van der Waals surface area contributed by atoms with Crippen LogP contribution in [0.1, 0.15) is 0 Å². The molecule has 5 heteroatoms. The second kappa shape index (κ2) is 11.0. The summed E-state index contributed by atoms with van der Waals surface area (Å²) in [5, 5.41) is 7.35. The zero-order chi connectivity index (χ0) is 33.5. The highest BCUT2D eigenvalue weighted by Gasteiger charge is 2.21. The summed E-state index contributed by atoms with van der Waals surface area (Å²) in [7, 11) is 0. The lowest BCUT2D eigenvalue weighted by Gasteiger charge is -2.13. The van der Waals surface area contributed by atoms with Crippen molar-refractivity contribution in [2.45, 2.75) is 0 Å². The second-order valence-electron chi connectivity index (χ2n) is 13.0. The van der Waals surface area contributed by atoms with Crippen LogP contribution in [-0.4, -0.2) is 19.1 Å². The van der Waals surface area contributed by atoms with Crippen LogP contribution in [0.3, 0.4) is 0 Å². The lowest BCUT2D eigenvalue weighted by molar-refractivity contribution is 1.05. The zero-order valence-electron chi connectivity index (χ0n) is 27.4. The fourth-order valence-electron chi connectivity index (χ4n) is 7.88. The van der Waals surface area contributed by atoms with Gasteiger partial charge >= 0.3 is 0 Å². The van der Waals surface area contributed by atoms with Crippen LogP contribution >= 0.6 is 11.3 Å². The minimum absolute atomic E-state index is 0.717. The molecule has 0 aliphatic carbocycles. The second-order valence-corrected chi connectivity index (χ2v) is 14.1. The van der Waals surface area contributed by atoms with Crippen LogP contribution in [0.4, 0.5) is 0 Å². The van der Waals surface area contributed by atoms with E-state index in [0.29, 0.717) is 5.82 Å². The van der Waals surface area contributed by atoms with Crippen LogP contribution in [0.5, 0.6) is 0 Å². The fraction of sp³-hybridized carbons (Fsp3) is 0. The van der Waals surface area contributed by atoms with Crippen molar-refractivity contribution in [3.05, 3.63) is 170 Å².